The Hall–Kier alpha value is -1.19. The van der Waals surface area contributed by atoms with Crippen LogP contribution in [0.15, 0.2) is 46.9 Å². The second kappa shape index (κ2) is 4.98. The number of hydrogen-bond donors (Lipinski definition) is 1. The fourth-order valence-corrected chi connectivity index (χ4v) is 1.87. The van der Waals surface area contributed by atoms with Gasteiger partial charge in [0.15, 0.2) is 0 Å². The van der Waals surface area contributed by atoms with Crippen LogP contribution < -0.4 is 0 Å². The maximum Gasteiger partial charge on any atom is 0.211 e. The molecule has 1 atom stereocenters. The van der Waals surface area contributed by atoms with E-state index < -0.39 is 6.10 Å². The number of benzene rings is 2. The fourth-order valence-electron chi connectivity index (χ4n) is 1.60. The van der Waals surface area contributed by atoms with Crippen molar-refractivity contribution in [2.24, 2.45) is 0 Å². The molecule has 0 aliphatic heterocycles. The van der Waals surface area contributed by atoms with Crippen LogP contribution >= 0.6 is 15.9 Å². The zero-order valence-corrected chi connectivity index (χ0v) is 10.9. The van der Waals surface area contributed by atoms with Crippen molar-refractivity contribution in [3.63, 3.8) is 0 Å². The van der Waals surface area contributed by atoms with Gasteiger partial charge < -0.3 is 5.11 Å². The molecule has 2 aromatic carbocycles. The fraction of sp³-hybridized carbons (Fsp3) is 0.143. The summed E-state index contributed by atoms with van der Waals surface area (Å²) in [7, 11) is 0. The molecule has 0 heterocycles. The topological polar surface area (TPSA) is 20.2 Å². The van der Waals surface area contributed by atoms with Gasteiger partial charge in [-0.1, -0.05) is 40.2 Å². The monoisotopic (exact) mass is 295 g/mol. The van der Waals surface area contributed by atoms with Crippen LogP contribution in [0.4, 0.5) is 4.39 Å². The van der Waals surface area contributed by atoms with E-state index in [-0.39, 0.29) is 5.82 Å². The molecule has 0 spiro atoms. The van der Waals surface area contributed by atoms with Gasteiger partial charge in [-0.25, -0.2) is 4.39 Å². The predicted molar refractivity (Wildman–Crippen MR) is 69.3 cm³/mol. The van der Waals surface area contributed by atoms with Gasteiger partial charge in [-0.3, -0.25) is 0 Å². The molecule has 0 bridgehead atoms. The lowest BCUT2D eigenvalue weighted by atomic mass is 10.0. The molecule has 1 nitrogen and oxygen atoms in total. The summed E-state index contributed by atoms with van der Waals surface area (Å²) in [5.74, 6) is -0.285. The Morgan fingerprint density at radius 3 is 2.41 bits per heavy atom. The molecule has 0 aliphatic carbocycles. The highest BCUT2D eigenvalue weighted by molar-refractivity contribution is 9.10. The molecular weight excluding hydrogens is 283 g/mol. The van der Waals surface area contributed by atoms with Gasteiger partial charge >= 0.3 is 0 Å². The lowest BCUT2D eigenvalue weighted by Gasteiger charge is -2.12. The molecule has 1 N–H and O–H groups in total. The third-order valence-corrected chi connectivity index (χ3v) is 3.20. The van der Waals surface area contributed by atoms with E-state index in [1.165, 1.54) is 6.07 Å². The molecule has 17 heavy (non-hydrogen) atoms. The number of halogens is 2. The van der Waals surface area contributed by atoms with E-state index in [2.05, 4.69) is 15.9 Å². The van der Waals surface area contributed by atoms with Crippen molar-refractivity contribution < 1.29 is 9.50 Å². The van der Waals surface area contributed by atoms with Crippen molar-refractivity contribution in [2.75, 3.05) is 0 Å². The van der Waals surface area contributed by atoms with E-state index in [1.807, 2.05) is 24.3 Å². The molecular formula is C14H12BrFO. The van der Waals surface area contributed by atoms with Crippen molar-refractivity contribution in [1.82, 2.24) is 0 Å². The van der Waals surface area contributed by atoms with E-state index in [0.29, 0.717) is 11.1 Å². The standard InChI is InChI=1S/C14H12BrFO/c1-9-2-3-11(8-13(9)16)14(17)10-4-6-12(15)7-5-10/h2-8,14,17H,1H3/i17D. The zero-order valence-electron chi connectivity index (χ0n) is 10.3. The quantitative estimate of drug-likeness (QED) is 0.908. The molecule has 2 rings (SSSR count). The second-order valence-corrected chi connectivity index (χ2v) is 4.86. The SMILES string of the molecule is [2H]OC(c1ccc(Br)cc1)c1ccc(C)c(F)c1. The predicted octanol–water partition coefficient (Wildman–Crippen LogP) is 3.98. The Labute approximate surface area is 110 Å². The Morgan fingerprint density at radius 2 is 1.82 bits per heavy atom. The summed E-state index contributed by atoms with van der Waals surface area (Å²) in [6.07, 6.45) is -0.576. The van der Waals surface area contributed by atoms with Crippen LogP contribution in [-0.2, 0) is 0 Å². The third kappa shape index (κ3) is 2.73. The highest BCUT2D eigenvalue weighted by atomic mass is 79.9. The van der Waals surface area contributed by atoms with Gasteiger partial charge in [-0.05, 0) is 41.8 Å². The number of aliphatic hydroxyl groups is 1. The van der Waals surface area contributed by atoms with Crippen LogP contribution in [0.3, 0.4) is 0 Å². The maximum atomic E-state index is 13.5. The number of aliphatic hydroxyl groups excluding tert-OH is 1. The number of hydrogen-bond acceptors (Lipinski definition) is 1. The summed E-state index contributed by atoms with van der Waals surface area (Å²) < 4.78 is 21.7. The van der Waals surface area contributed by atoms with Crippen molar-refractivity contribution in [3.05, 3.63) is 69.4 Å². The first kappa shape index (κ1) is 10.9. The molecule has 0 aromatic heterocycles. The van der Waals surface area contributed by atoms with E-state index in [1.54, 1.807) is 19.1 Å². The highest BCUT2D eigenvalue weighted by Crippen LogP contribution is 2.24. The molecule has 88 valence electrons. The van der Waals surface area contributed by atoms with Gasteiger partial charge in [0.1, 0.15) is 11.9 Å². The molecule has 3 heteroatoms. The van der Waals surface area contributed by atoms with Crippen molar-refractivity contribution in [3.8, 4) is 0 Å². The Morgan fingerprint density at radius 1 is 1.18 bits per heavy atom. The maximum absolute atomic E-state index is 13.5. The summed E-state index contributed by atoms with van der Waals surface area (Å²) >= 11 is 3.35. The molecule has 0 saturated carbocycles. The molecule has 0 radical (unpaired) electrons. The van der Waals surface area contributed by atoms with Gasteiger partial charge in [-0.2, -0.15) is 0 Å². The van der Waals surface area contributed by atoms with E-state index in [4.69, 9.17) is 6.54 Å². The molecule has 0 saturated heterocycles. The Kier molecular flexibility index (Phi) is 3.20. The van der Waals surface area contributed by atoms with E-state index >= 15 is 0 Å². The molecule has 0 fully saturated rings. The lowest BCUT2D eigenvalue weighted by molar-refractivity contribution is 0.220. The summed E-state index contributed by atoms with van der Waals surface area (Å²) in [5.41, 5.74) is 2.03. The zero-order chi connectivity index (χ0) is 13.1. The van der Waals surface area contributed by atoms with Crippen LogP contribution in [0.25, 0.3) is 0 Å². The van der Waals surface area contributed by atoms with Gasteiger partial charge in [0.25, 0.3) is 0 Å². The lowest BCUT2D eigenvalue weighted by Crippen LogP contribution is -2.00. The van der Waals surface area contributed by atoms with Crippen LogP contribution in [0.5, 0.6) is 0 Å². The average Bonchev–Trinajstić information content (AvgIpc) is 2.37. The Bertz CT molecular complexity index is 542. The van der Waals surface area contributed by atoms with Crippen LogP contribution in [0.2, 0.25) is 0 Å². The van der Waals surface area contributed by atoms with Crippen molar-refractivity contribution >= 4 is 15.9 Å². The van der Waals surface area contributed by atoms with Gasteiger partial charge in [0.2, 0.25) is 1.43 Å². The van der Waals surface area contributed by atoms with Gasteiger partial charge in [0.05, 0.1) is 0 Å². The largest absolute Gasteiger partial charge is 0.384 e. The molecule has 0 amide bonds. The third-order valence-electron chi connectivity index (χ3n) is 2.67. The van der Waals surface area contributed by atoms with Crippen molar-refractivity contribution in [2.45, 2.75) is 13.0 Å². The first-order valence-electron chi connectivity index (χ1n) is 5.66. The van der Waals surface area contributed by atoms with E-state index in [9.17, 15) is 4.39 Å². The van der Waals surface area contributed by atoms with Crippen LogP contribution in [0.1, 0.15) is 22.8 Å². The average molecular weight is 296 g/mol. The minimum atomic E-state index is -0.576. The summed E-state index contributed by atoms with van der Waals surface area (Å²) in [6.45, 7) is 1.70. The second-order valence-electron chi connectivity index (χ2n) is 3.94. The summed E-state index contributed by atoms with van der Waals surface area (Å²) in [5, 5.41) is 4.73. The molecule has 2 aromatic rings. The highest BCUT2D eigenvalue weighted by Gasteiger charge is 2.11. The van der Waals surface area contributed by atoms with Gasteiger partial charge in [-0.15, -0.1) is 0 Å². The smallest absolute Gasteiger partial charge is 0.211 e. The normalized spacial score (nSPS) is 13.2. The molecule has 1 unspecified atom stereocenters. The number of rotatable bonds is 3. The first-order chi connectivity index (χ1) is 8.61. The van der Waals surface area contributed by atoms with Crippen LogP contribution in [0, 0.1) is 12.7 Å². The summed E-state index contributed by atoms with van der Waals surface area (Å²) in [4.78, 5) is 0. The minimum Gasteiger partial charge on any atom is -0.384 e. The number of aryl methyl sites for hydroxylation is 1. The van der Waals surface area contributed by atoms with Crippen LogP contribution in [-0.4, -0.2) is 6.54 Å². The minimum absolute atomic E-state index is 0.285. The van der Waals surface area contributed by atoms with Crippen molar-refractivity contribution in [1.29, 1.82) is 1.43 Å². The van der Waals surface area contributed by atoms with Gasteiger partial charge in [0, 0.05) is 4.47 Å². The molecule has 0 aliphatic rings. The summed E-state index contributed by atoms with van der Waals surface area (Å²) in [6, 6.07) is 12.3. The first-order valence-corrected chi connectivity index (χ1v) is 6.04. The van der Waals surface area contributed by atoms with E-state index in [0.717, 1.165) is 10.0 Å². The Balaban J connectivity index is 2.38.